The molecule has 0 unspecified atom stereocenters. The van der Waals surface area contributed by atoms with Crippen molar-refractivity contribution in [2.24, 2.45) is 11.3 Å². The van der Waals surface area contributed by atoms with E-state index in [2.05, 4.69) is 31.1 Å². The summed E-state index contributed by atoms with van der Waals surface area (Å²) in [7, 11) is 2.31. The first-order valence-corrected chi connectivity index (χ1v) is 8.67. The maximum Gasteiger partial charge on any atom is 0.0469 e. The molecular formula is C17H34N2O. The van der Waals surface area contributed by atoms with Gasteiger partial charge in [-0.2, -0.15) is 0 Å². The van der Waals surface area contributed by atoms with Crippen molar-refractivity contribution < 1.29 is 4.74 Å². The molecule has 0 aromatic rings. The molecule has 0 spiro atoms. The summed E-state index contributed by atoms with van der Waals surface area (Å²) in [5, 5.41) is 3.76. The minimum absolute atomic E-state index is 0.461. The molecule has 0 bridgehead atoms. The SMILES string of the molecule is CCC(CC)(CNC1CC1)CN(C)CC1CCOCC1. The molecule has 1 heterocycles. The van der Waals surface area contributed by atoms with Crippen LogP contribution in [-0.4, -0.2) is 50.8 Å². The van der Waals surface area contributed by atoms with E-state index in [9.17, 15) is 0 Å². The van der Waals surface area contributed by atoms with Gasteiger partial charge >= 0.3 is 0 Å². The van der Waals surface area contributed by atoms with Gasteiger partial charge in [-0.3, -0.25) is 0 Å². The van der Waals surface area contributed by atoms with E-state index in [-0.39, 0.29) is 0 Å². The van der Waals surface area contributed by atoms with Crippen LogP contribution in [0.25, 0.3) is 0 Å². The second kappa shape index (κ2) is 7.77. The van der Waals surface area contributed by atoms with Gasteiger partial charge in [0, 0.05) is 38.9 Å². The maximum atomic E-state index is 5.47. The molecule has 0 aromatic heterocycles. The van der Waals surface area contributed by atoms with Crippen molar-refractivity contribution in [2.45, 2.75) is 58.4 Å². The van der Waals surface area contributed by atoms with E-state index in [1.807, 2.05) is 0 Å². The quantitative estimate of drug-likeness (QED) is 0.704. The Bertz CT molecular complexity index is 268. The largest absolute Gasteiger partial charge is 0.381 e. The lowest BCUT2D eigenvalue weighted by Crippen LogP contribution is -2.44. The van der Waals surface area contributed by atoms with Crippen LogP contribution in [0, 0.1) is 11.3 Å². The molecule has 2 rings (SSSR count). The lowest BCUT2D eigenvalue weighted by Gasteiger charge is -2.38. The molecule has 2 aliphatic rings. The maximum absolute atomic E-state index is 5.47. The number of hydrogen-bond acceptors (Lipinski definition) is 3. The summed E-state index contributed by atoms with van der Waals surface area (Å²) in [6.45, 7) is 10.3. The Morgan fingerprint density at radius 1 is 1.10 bits per heavy atom. The fourth-order valence-electron chi connectivity index (χ4n) is 3.43. The molecule has 1 saturated heterocycles. The lowest BCUT2D eigenvalue weighted by atomic mass is 9.81. The summed E-state index contributed by atoms with van der Waals surface area (Å²) in [4.78, 5) is 2.58. The Kier molecular flexibility index (Phi) is 6.31. The van der Waals surface area contributed by atoms with Crippen LogP contribution >= 0.6 is 0 Å². The van der Waals surface area contributed by atoms with Crippen molar-refractivity contribution in [3.05, 3.63) is 0 Å². The zero-order valence-corrected chi connectivity index (χ0v) is 13.8. The van der Waals surface area contributed by atoms with E-state index in [4.69, 9.17) is 4.74 Å². The number of ether oxygens (including phenoxy) is 1. The van der Waals surface area contributed by atoms with Crippen LogP contribution in [0.5, 0.6) is 0 Å². The van der Waals surface area contributed by atoms with E-state index in [1.165, 1.54) is 58.2 Å². The molecule has 0 atom stereocenters. The Morgan fingerprint density at radius 2 is 1.75 bits per heavy atom. The summed E-state index contributed by atoms with van der Waals surface area (Å²) >= 11 is 0. The van der Waals surface area contributed by atoms with Gasteiger partial charge in [0.1, 0.15) is 0 Å². The monoisotopic (exact) mass is 282 g/mol. The van der Waals surface area contributed by atoms with Crippen LogP contribution in [0.1, 0.15) is 52.4 Å². The van der Waals surface area contributed by atoms with E-state index in [1.54, 1.807) is 0 Å². The van der Waals surface area contributed by atoms with Crippen molar-refractivity contribution in [1.82, 2.24) is 10.2 Å². The second-order valence-corrected chi connectivity index (χ2v) is 7.11. The molecular weight excluding hydrogens is 248 g/mol. The van der Waals surface area contributed by atoms with E-state index >= 15 is 0 Å². The van der Waals surface area contributed by atoms with Crippen LogP contribution < -0.4 is 5.32 Å². The number of nitrogens with zero attached hydrogens (tertiary/aromatic N) is 1. The Balaban J connectivity index is 1.78. The highest BCUT2D eigenvalue weighted by Gasteiger charge is 2.31. The first-order valence-electron chi connectivity index (χ1n) is 8.67. The van der Waals surface area contributed by atoms with Crippen LogP contribution in [0.3, 0.4) is 0 Å². The van der Waals surface area contributed by atoms with Crippen LogP contribution in [0.2, 0.25) is 0 Å². The van der Waals surface area contributed by atoms with Crippen molar-refractivity contribution in [3.63, 3.8) is 0 Å². The van der Waals surface area contributed by atoms with Gasteiger partial charge < -0.3 is 15.0 Å². The molecule has 0 aromatic carbocycles. The van der Waals surface area contributed by atoms with Crippen molar-refractivity contribution in [3.8, 4) is 0 Å². The predicted octanol–water partition coefficient (Wildman–Crippen LogP) is 2.90. The molecule has 0 radical (unpaired) electrons. The molecule has 1 aliphatic heterocycles. The van der Waals surface area contributed by atoms with Crippen molar-refractivity contribution >= 4 is 0 Å². The summed E-state index contributed by atoms with van der Waals surface area (Å²) in [5.74, 6) is 0.844. The smallest absolute Gasteiger partial charge is 0.0469 e. The summed E-state index contributed by atoms with van der Waals surface area (Å²) in [6, 6.07) is 0.827. The number of rotatable bonds is 9. The lowest BCUT2D eigenvalue weighted by molar-refractivity contribution is 0.0482. The minimum Gasteiger partial charge on any atom is -0.381 e. The number of hydrogen-bond donors (Lipinski definition) is 1. The van der Waals surface area contributed by atoms with Gasteiger partial charge in [0.25, 0.3) is 0 Å². The standard InChI is InChI=1S/C17H34N2O/c1-4-17(5-2,13-18-16-6-7-16)14-19(3)12-15-8-10-20-11-9-15/h15-16,18H,4-14H2,1-3H3. The number of nitrogens with one attached hydrogen (secondary N) is 1. The Morgan fingerprint density at radius 3 is 2.30 bits per heavy atom. The molecule has 118 valence electrons. The fraction of sp³-hybridized carbons (Fsp3) is 1.00. The Labute approximate surface area is 125 Å². The zero-order valence-electron chi connectivity index (χ0n) is 13.8. The van der Waals surface area contributed by atoms with Crippen LogP contribution in [0.4, 0.5) is 0 Å². The van der Waals surface area contributed by atoms with Crippen molar-refractivity contribution in [2.75, 3.05) is 39.9 Å². The first kappa shape index (κ1) is 16.3. The third-order valence-electron chi connectivity index (χ3n) is 5.36. The van der Waals surface area contributed by atoms with Crippen LogP contribution in [0.15, 0.2) is 0 Å². The average molecular weight is 282 g/mol. The van der Waals surface area contributed by atoms with E-state index in [0.717, 1.165) is 25.2 Å². The molecule has 3 nitrogen and oxygen atoms in total. The van der Waals surface area contributed by atoms with Gasteiger partial charge in [-0.05, 0) is 56.9 Å². The summed E-state index contributed by atoms with van der Waals surface area (Å²) in [6.07, 6.45) is 7.83. The molecule has 0 amide bonds. The third kappa shape index (κ3) is 5.01. The molecule has 20 heavy (non-hydrogen) atoms. The van der Waals surface area contributed by atoms with E-state index < -0.39 is 0 Å². The summed E-state index contributed by atoms with van der Waals surface area (Å²) in [5.41, 5.74) is 0.461. The minimum atomic E-state index is 0.461. The fourth-order valence-corrected chi connectivity index (χ4v) is 3.43. The molecule has 1 N–H and O–H groups in total. The second-order valence-electron chi connectivity index (χ2n) is 7.11. The highest BCUT2D eigenvalue weighted by Crippen LogP contribution is 2.29. The van der Waals surface area contributed by atoms with E-state index in [0.29, 0.717) is 5.41 Å². The van der Waals surface area contributed by atoms with Crippen molar-refractivity contribution in [1.29, 1.82) is 0 Å². The van der Waals surface area contributed by atoms with Gasteiger partial charge in [-0.15, -0.1) is 0 Å². The van der Waals surface area contributed by atoms with Gasteiger partial charge in [-0.1, -0.05) is 13.8 Å². The Hall–Kier alpha value is -0.120. The molecule has 1 saturated carbocycles. The van der Waals surface area contributed by atoms with Gasteiger partial charge in [-0.25, -0.2) is 0 Å². The first-order chi connectivity index (χ1) is 9.67. The molecule has 2 fully saturated rings. The van der Waals surface area contributed by atoms with Gasteiger partial charge in [0.05, 0.1) is 0 Å². The van der Waals surface area contributed by atoms with Gasteiger partial charge in [0.2, 0.25) is 0 Å². The zero-order chi connectivity index (χ0) is 14.4. The predicted molar refractivity (Wildman–Crippen MR) is 85.1 cm³/mol. The molecule has 1 aliphatic carbocycles. The average Bonchev–Trinajstić information content (AvgIpc) is 3.29. The van der Waals surface area contributed by atoms with Gasteiger partial charge in [0.15, 0.2) is 0 Å². The van der Waals surface area contributed by atoms with Crippen LogP contribution in [-0.2, 0) is 4.74 Å². The highest BCUT2D eigenvalue weighted by atomic mass is 16.5. The summed E-state index contributed by atoms with van der Waals surface area (Å²) < 4.78 is 5.47. The molecule has 3 heteroatoms. The third-order valence-corrected chi connectivity index (χ3v) is 5.36. The highest BCUT2D eigenvalue weighted by molar-refractivity contribution is 4.88. The topological polar surface area (TPSA) is 24.5 Å². The normalized spacial score (nSPS) is 21.6.